The van der Waals surface area contributed by atoms with E-state index in [4.69, 9.17) is 0 Å². The second-order valence-electron chi connectivity index (χ2n) is 6.85. The van der Waals surface area contributed by atoms with Gasteiger partial charge in [0.15, 0.2) is 0 Å². The van der Waals surface area contributed by atoms with Gasteiger partial charge in [0.1, 0.15) is 0 Å². The van der Waals surface area contributed by atoms with E-state index in [1.165, 1.54) is 5.56 Å². The van der Waals surface area contributed by atoms with Crippen LogP contribution in [0.5, 0.6) is 0 Å². The number of benzene rings is 2. The molecule has 1 heterocycles. The topological polar surface area (TPSA) is 49.4 Å². The molecule has 1 fully saturated rings. The first-order valence-corrected chi connectivity index (χ1v) is 8.81. The normalized spacial score (nSPS) is 14.2. The fourth-order valence-corrected chi connectivity index (χ4v) is 3.03. The molecule has 4 heteroatoms. The summed E-state index contributed by atoms with van der Waals surface area (Å²) in [6.07, 6.45) is 1.59. The number of carbonyl (C=O) groups excluding carboxylic acids is 2. The summed E-state index contributed by atoms with van der Waals surface area (Å²) in [7, 11) is 0. The minimum Gasteiger partial charge on any atom is -0.338 e. The number of hydrogen-bond donors (Lipinski definition) is 1. The maximum Gasteiger partial charge on any atom is 0.255 e. The maximum absolute atomic E-state index is 12.4. The average Bonchev–Trinajstić information content (AvgIpc) is 3.00. The molecule has 2 aromatic carbocycles. The zero-order valence-corrected chi connectivity index (χ0v) is 14.8. The molecule has 25 heavy (non-hydrogen) atoms. The number of nitrogens with one attached hydrogen (secondary N) is 1. The molecule has 0 radical (unpaired) electrons. The Hall–Kier alpha value is -2.62. The number of rotatable bonds is 5. The monoisotopic (exact) mass is 336 g/mol. The van der Waals surface area contributed by atoms with Gasteiger partial charge in [-0.1, -0.05) is 38.1 Å². The van der Waals surface area contributed by atoms with Crippen LogP contribution in [0.2, 0.25) is 0 Å². The van der Waals surface area contributed by atoms with Crippen LogP contribution >= 0.6 is 0 Å². The minimum absolute atomic E-state index is 0.121. The molecule has 2 amide bonds. The van der Waals surface area contributed by atoms with Crippen LogP contribution in [0, 0.1) is 0 Å². The third-order valence-electron chi connectivity index (χ3n) is 4.57. The van der Waals surface area contributed by atoms with Crippen molar-refractivity contribution >= 4 is 17.5 Å². The molecular formula is C21H24N2O2. The SMILES string of the molecule is CC(C)c1cccc(NC(=O)c2ccc(CN3CCCC3=O)cc2)c1. The fourth-order valence-electron chi connectivity index (χ4n) is 3.03. The van der Waals surface area contributed by atoms with Gasteiger partial charge in [0, 0.05) is 30.8 Å². The molecule has 0 spiro atoms. The molecule has 0 aromatic heterocycles. The minimum atomic E-state index is -0.121. The summed E-state index contributed by atoms with van der Waals surface area (Å²) in [6.45, 7) is 5.71. The Morgan fingerprint density at radius 3 is 2.56 bits per heavy atom. The smallest absolute Gasteiger partial charge is 0.255 e. The van der Waals surface area contributed by atoms with Crippen molar-refractivity contribution in [1.82, 2.24) is 4.90 Å². The van der Waals surface area contributed by atoms with Gasteiger partial charge in [-0.15, -0.1) is 0 Å². The Bertz CT molecular complexity index is 766. The molecule has 1 N–H and O–H groups in total. The highest BCUT2D eigenvalue weighted by atomic mass is 16.2. The van der Waals surface area contributed by atoms with Crippen molar-refractivity contribution in [2.75, 3.05) is 11.9 Å². The van der Waals surface area contributed by atoms with Gasteiger partial charge in [-0.05, 0) is 47.7 Å². The van der Waals surface area contributed by atoms with Gasteiger partial charge in [0.2, 0.25) is 5.91 Å². The van der Waals surface area contributed by atoms with Gasteiger partial charge in [-0.2, -0.15) is 0 Å². The summed E-state index contributed by atoms with van der Waals surface area (Å²) in [5.41, 5.74) is 3.67. The Morgan fingerprint density at radius 1 is 1.16 bits per heavy atom. The summed E-state index contributed by atoms with van der Waals surface area (Å²) >= 11 is 0. The first-order chi connectivity index (χ1) is 12.0. The molecule has 1 aliphatic rings. The van der Waals surface area contributed by atoms with E-state index in [0.29, 0.717) is 24.4 Å². The lowest BCUT2D eigenvalue weighted by Crippen LogP contribution is -2.23. The van der Waals surface area contributed by atoms with Crippen LogP contribution < -0.4 is 5.32 Å². The molecule has 0 unspecified atom stereocenters. The molecule has 2 aromatic rings. The first kappa shape index (κ1) is 17.2. The standard InChI is InChI=1S/C21H24N2O2/c1-15(2)18-5-3-6-19(13-18)22-21(25)17-10-8-16(9-11-17)14-23-12-4-7-20(23)24/h3,5-6,8-11,13,15H,4,7,12,14H2,1-2H3,(H,22,25). The highest BCUT2D eigenvalue weighted by Crippen LogP contribution is 2.19. The first-order valence-electron chi connectivity index (χ1n) is 8.81. The van der Waals surface area contributed by atoms with Crippen molar-refractivity contribution in [2.45, 2.75) is 39.2 Å². The molecule has 1 saturated heterocycles. The van der Waals surface area contributed by atoms with Crippen molar-refractivity contribution in [3.05, 3.63) is 65.2 Å². The van der Waals surface area contributed by atoms with E-state index >= 15 is 0 Å². The second-order valence-corrected chi connectivity index (χ2v) is 6.85. The van der Waals surface area contributed by atoms with Gasteiger partial charge in [0.05, 0.1) is 0 Å². The van der Waals surface area contributed by atoms with Crippen LogP contribution in [0.3, 0.4) is 0 Å². The van der Waals surface area contributed by atoms with Gasteiger partial charge < -0.3 is 10.2 Å². The quantitative estimate of drug-likeness (QED) is 0.890. The van der Waals surface area contributed by atoms with Crippen LogP contribution in [-0.2, 0) is 11.3 Å². The Kier molecular flexibility index (Phi) is 5.17. The van der Waals surface area contributed by atoms with Gasteiger partial charge in [-0.3, -0.25) is 9.59 Å². The number of carbonyl (C=O) groups is 2. The van der Waals surface area contributed by atoms with Gasteiger partial charge >= 0.3 is 0 Å². The van der Waals surface area contributed by atoms with Crippen molar-refractivity contribution in [3.8, 4) is 0 Å². The van der Waals surface area contributed by atoms with Crippen molar-refractivity contribution in [1.29, 1.82) is 0 Å². The molecule has 0 aliphatic carbocycles. The summed E-state index contributed by atoms with van der Waals surface area (Å²) in [6, 6.07) is 15.4. The van der Waals surface area contributed by atoms with Crippen LogP contribution in [0.15, 0.2) is 48.5 Å². The van der Waals surface area contributed by atoms with Crippen molar-refractivity contribution in [3.63, 3.8) is 0 Å². The summed E-state index contributed by atoms with van der Waals surface area (Å²) < 4.78 is 0. The zero-order chi connectivity index (χ0) is 17.8. The van der Waals surface area contributed by atoms with Crippen LogP contribution in [-0.4, -0.2) is 23.3 Å². The lowest BCUT2D eigenvalue weighted by Gasteiger charge is -2.15. The zero-order valence-electron chi connectivity index (χ0n) is 14.8. The number of likely N-dealkylation sites (tertiary alicyclic amines) is 1. The predicted molar refractivity (Wildman–Crippen MR) is 99.6 cm³/mol. The van der Waals surface area contributed by atoms with E-state index in [0.717, 1.165) is 24.2 Å². The van der Waals surface area contributed by atoms with E-state index in [2.05, 4.69) is 25.2 Å². The lowest BCUT2D eigenvalue weighted by atomic mass is 10.0. The van der Waals surface area contributed by atoms with E-state index in [9.17, 15) is 9.59 Å². The third kappa shape index (κ3) is 4.27. The Morgan fingerprint density at radius 2 is 1.92 bits per heavy atom. The summed E-state index contributed by atoms with van der Waals surface area (Å²) in [5.74, 6) is 0.515. The number of hydrogen-bond acceptors (Lipinski definition) is 2. The molecule has 0 atom stereocenters. The van der Waals surface area contributed by atoms with Gasteiger partial charge in [-0.25, -0.2) is 0 Å². The van der Waals surface area contributed by atoms with E-state index in [1.807, 2.05) is 47.4 Å². The van der Waals surface area contributed by atoms with E-state index < -0.39 is 0 Å². The fraction of sp³-hybridized carbons (Fsp3) is 0.333. The molecule has 1 aliphatic heterocycles. The summed E-state index contributed by atoms with van der Waals surface area (Å²) in [5, 5.41) is 2.95. The van der Waals surface area contributed by atoms with Crippen LogP contribution in [0.4, 0.5) is 5.69 Å². The van der Waals surface area contributed by atoms with Gasteiger partial charge in [0.25, 0.3) is 5.91 Å². The van der Waals surface area contributed by atoms with Crippen molar-refractivity contribution in [2.24, 2.45) is 0 Å². The molecule has 3 rings (SSSR count). The maximum atomic E-state index is 12.4. The molecule has 4 nitrogen and oxygen atoms in total. The average molecular weight is 336 g/mol. The summed E-state index contributed by atoms with van der Waals surface area (Å²) in [4.78, 5) is 26.0. The molecule has 0 bridgehead atoms. The Labute approximate surface area is 148 Å². The van der Waals surface area contributed by atoms with Crippen LogP contribution in [0.1, 0.15) is 54.1 Å². The number of amides is 2. The van der Waals surface area contributed by atoms with E-state index in [1.54, 1.807) is 0 Å². The molecular weight excluding hydrogens is 312 g/mol. The Balaban J connectivity index is 1.64. The van der Waals surface area contributed by atoms with E-state index in [-0.39, 0.29) is 11.8 Å². The number of anilines is 1. The predicted octanol–water partition coefficient (Wildman–Crippen LogP) is 4.18. The largest absolute Gasteiger partial charge is 0.338 e. The number of nitrogens with zero attached hydrogens (tertiary/aromatic N) is 1. The molecule has 0 saturated carbocycles. The highest BCUT2D eigenvalue weighted by Gasteiger charge is 2.20. The third-order valence-corrected chi connectivity index (χ3v) is 4.57. The highest BCUT2D eigenvalue weighted by molar-refractivity contribution is 6.04. The molecule has 130 valence electrons. The lowest BCUT2D eigenvalue weighted by molar-refractivity contribution is -0.128. The van der Waals surface area contributed by atoms with Crippen molar-refractivity contribution < 1.29 is 9.59 Å². The van der Waals surface area contributed by atoms with Crippen LogP contribution in [0.25, 0.3) is 0 Å². The second kappa shape index (κ2) is 7.51.